The zero-order valence-electron chi connectivity index (χ0n) is 32.6. The minimum Gasteiger partial charge on any atom is -0.310 e. The lowest BCUT2D eigenvalue weighted by Gasteiger charge is -2.61. The van der Waals surface area contributed by atoms with Crippen LogP contribution in [-0.4, -0.2) is 4.57 Å². The van der Waals surface area contributed by atoms with Crippen LogP contribution in [0.15, 0.2) is 182 Å². The van der Waals surface area contributed by atoms with Crippen molar-refractivity contribution in [1.29, 1.82) is 0 Å². The van der Waals surface area contributed by atoms with Crippen molar-refractivity contribution in [2.24, 2.45) is 23.7 Å². The largest absolute Gasteiger partial charge is 0.310 e. The van der Waals surface area contributed by atoms with Crippen molar-refractivity contribution in [3.05, 3.63) is 193 Å². The van der Waals surface area contributed by atoms with E-state index >= 15 is 0 Å². The molecule has 0 N–H and O–H groups in total. The number of benzene rings is 8. The monoisotopic (exact) mass is 744 g/mol. The Morgan fingerprint density at radius 1 is 0.448 bits per heavy atom. The van der Waals surface area contributed by atoms with Gasteiger partial charge in [0.1, 0.15) is 0 Å². The van der Waals surface area contributed by atoms with Crippen molar-refractivity contribution < 1.29 is 0 Å². The quantitative estimate of drug-likeness (QED) is 0.170. The highest BCUT2D eigenvalue weighted by molar-refractivity contribution is 6.09. The predicted octanol–water partition coefficient (Wildman–Crippen LogP) is 14.8. The maximum Gasteiger partial charge on any atom is 0.0543 e. The average Bonchev–Trinajstić information content (AvgIpc) is 3.77. The molecule has 1 aromatic heterocycles. The molecule has 278 valence electrons. The van der Waals surface area contributed by atoms with Crippen LogP contribution in [0.5, 0.6) is 0 Å². The number of nitrogens with zero attached hydrogens (tertiary/aromatic N) is 2. The third kappa shape index (κ3) is 4.55. The molecule has 4 saturated carbocycles. The molecule has 0 aliphatic heterocycles. The highest BCUT2D eigenvalue weighted by Crippen LogP contribution is 2.70. The molecule has 8 aromatic carbocycles. The van der Waals surface area contributed by atoms with Crippen molar-refractivity contribution in [3.63, 3.8) is 0 Å². The lowest BCUT2D eigenvalue weighted by molar-refractivity contribution is -0.0399. The van der Waals surface area contributed by atoms with E-state index in [1.54, 1.807) is 11.1 Å². The summed E-state index contributed by atoms with van der Waals surface area (Å²) in [4.78, 5) is 2.55. The molecular formula is C56H44N2. The normalized spacial score (nSPS) is 22.6. The second-order valence-corrected chi connectivity index (χ2v) is 17.7. The smallest absolute Gasteiger partial charge is 0.0543 e. The Kier molecular flexibility index (Phi) is 6.94. The van der Waals surface area contributed by atoms with Crippen molar-refractivity contribution in [2.75, 3.05) is 4.90 Å². The van der Waals surface area contributed by atoms with E-state index in [1.165, 1.54) is 110 Å². The molecule has 0 amide bonds. The Hall–Kier alpha value is -6.38. The number of hydrogen-bond donors (Lipinski definition) is 0. The van der Waals surface area contributed by atoms with Gasteiger partial charge in [0.15, 0.2) is 0 Å². The lowest BCUT2D eigenvalue weighted by Crippen LogP contribution is -2.55. The average molecular weight is 745 g/mol. The first-order valence-corrected chi connectivity index (χ1v) is 21.4. The van der Waals surface area contributed by atoms with Gasteiger partial charge >= 0.3 is 0 Å². The second kappa shape index (κ2) is 12.3. The fourth-order valence-electron chi connectivity index (χ4n) is 12.9. The molecule has 0 unspecified atom stereocenters. The van der Waals surface area contributed by atoms with E-state index in [4.69, 9.17) is 0 Å². The van der Waals surface area contributed by atoms with E-state index in [-0.39, 0.29) is 5.41 Å². The Balaban J connectivity index is 0.993. The Morgan fingerprint density at radius 2 is 1.02 bits per heavy atom. The number of rotatable bonds is 5. The summed E-state index contributed by atoms with van der Waals surface area (Å²) in [6.07, 6.45) is 7.00. The van der Waals surface area contributed by atoms with Gasteiger partial charge in [0.2, 0.25) is 0 Å². The molecule has 1 spiro atoms. The maximum atomic E-state index is 2.55. The first-order valence-electron chi connectivity index (χ1n) is 21.4. The summed E-state index contributed by atoms with van der Waals surface area (Å²) in [5.74, 6) is 3.28. The first kappa shape index (κ1) is 32.7. The molecular weight excluding hydrogens is 701 g/mol. The van der Waals surface area contributed by atoms with Gasteiger partial charge in [-0.05, 0) is 155 Å². The minimum atomic E-state index is 0.112. The Bertz CT molecular complexity index is 2990. The molecule has 14 rings (SSSR count). The molecule has 5 aliphatic carbocycles. The van der Waals surface area contributed by atoms with Crippen LogP contribution in [0.25, 0.3) is 60.5 Å². The summed E-state index contributed by atoms with van der Waals surface area (Å²) < 4.78 is 2.42. The molecule has 58 heavy (non-hydrogen) atoms. The number of fused-ring (bicyclic) bond motifs is 7. The topological polar surface area (TPSA) is 8.17 Å². The van der Waals surface area contributed by atoms with Gasteiger partial charge in [0, 0.05) is 38.8 Å². The summed E-state index contributed by atoms with van der Waals surface area (Å²) in [5.41, 5.74) is 15.9. The van der Waals surface area contributed by atoms with Crippen molar-refractivity contribution in [1.82, 2.24) is 4.57 Å². The highest BCUT2D eigenvalue weighted by Gasteiger charge is 2.61. The van der Waals surface area contributed by atoms with E-state index in [9.17, 15) is 0 Å². The van der Waals surface area contributed by atoms with Crippen LogP contribution >= 0.6 is 0 Å². The fourth-order valence-corrected chi connectivity index (χ4v) is 12.9. The van der Waals surface area contributed by atoms with E-state index in [2.05, 4.69) is 191 Å². The maximum absolute atomic E-state index is 2.55. The number of hydrogen-bond acceptors (Lipinski definition) is 1. The molecule has 4 fully saturated rings. The van der Waals surface area contributed by atoms with Gasteiger partial charge in [-0.3, -0.25) is 0 Å². The third-order valence-electron chi connectivity index (χ3n) is 15.0. The van der Waals surface area contributed by atoms with E-state index in [0.717, 1.165) is 23.7 Å². The van der Waals surface area contributed by atoms with Crippen LogP contribution in [0, 0.1) is 23.7 Å². The first-order chi connectivity index (χ1) is 28.7. The Morgan fingerprint density at radius 3 is 1.72 bits per heavy atom. The van der Waals surface area contributed by atoms with Crippen molar-refractivity contribution in [3.8, 4) is 27.9 Å². The zero-order valence-corrected chi connectivity index (χ0v) is 32.6. The number of aromatic nitrogens is 1. The molecule has 5 aliphatic rings. The van der Waals surface area contributed by atoms with Crippen LogP contribution in [-0.2, 0) is 5.41 Å². The third-order valence-corrected chi connectivity index (χ3v) is 15.0. The molecule has 9 aromatic rings. The molecule has 2 heteroatoms. The van der Waals surface area contributed by atoms with Gasteiger partial charge in [-0.2, -0.15) is 0 Å². The second-order valence-electron chi connectivity index (χ2n) is 17.7. The molecule has 2 nitrogen and oxygen atoms in total. The van der Waals surface area contributed by atoms with Crippen LogP contribution in [0.3, 0.4) is 0 Å². The van der Waals surface area contributed by atoms with Gasteiger partial charge < -0.3 is 9.47 Å². The standard InChI is InChI=1S/C56H44N2/c1-2-11-40-35-41(21-20-38(40)10-1)39-22-24-44(25-23-39)57(45-26-28-46(29-27-45)58-52-17-7-4-12-47(52)48-13-5-8-18-53(48)58)54-19-9-16-51-55(54)49-14-3-6-15-50(49)56(51)42-31-36-30-37(33-42)34-43(56)32-36/h1-29,35-37,42-43H,30-34H2. The number of para-hydroxylation sites is 2. The molecule has 1 heterocycles. The summed E-state index contributed by atoms with van der Waals surface area (Å²) in [7, 11) is 0. The van der Waals surface area contributed by atoms with Gasteiger partial charge in [-0.25, -0.2) is 0 Å². The Labute approximate surface area is 340 Å². The van der Waals surface area contributed by atoms with Gasteiger partial charge in [0.05, 0.1) is 16.7 Å². The summed E-state index contributed by atoms with van der Waals surface area (Å²) in [5, 5.41) is 5.11. The van der Waals surface area contributed by atoms with Gasteiger partial charge in [-0.15, -0.1) is 0 Å². The van der Waals surface area contributed by atoms with Crippen molar-refractivity contribution in [2.45, 2.75) is 37.5 Å². The zero-order chi connectivity index (χ0) is 38.0. The van der Waals surface area contributed by atoms with Crippen LogP contribution in [0.4, 0.5) is 17.1 Å². The molecule has 4 bridgehead atoms. The van der Waals surface area contributed by atoms with Crippen molar-refractivity contribution >= 4 is 49.6 Å². The summed E-state index contributed by atoms with van der Waals surface area (Å²) in [6.45, 7) is 0. The molecule has 0 saturated heterocycles. The van der Waals surface area contributed by atoms with Crippen LogP contribution < -0.4 is 4.90 Å². The van der Waals surface area contributed by atoms with E-state index in [1.807, 2.05) is 0 Å². The predicted molar refractivity (Wildman–Crippen MR) is 242 cm³/mol. The van der Waals surface area contributed by atoms with Crippen LogP contribution in [0.1, 0.15) is 43.2 Å². The summed E-state index contributed by atoms with van der Waals surface area (Å²) >= 11 is 0. The summed E-state index contributed by atoms with van der Waals surface area (Å²) in [6, 6.07) is 68.5. The fraction of sp³-hybridized carbons (Fsp3) is 0.179. The minimum absolute atomic E-state index is 0.112. The van der Waals surface area contributed by atoms with E-state index < -0.39 is 0 Å². The highest BCUT2D eigenvalue weighted by atomic mass is 15.1. The SMILES string of the molecule is c1ccc2c(c1)-c1c(N(c3ccc(-c4ccc5ccccc5c4)cc3)c3ccc(-n4c5ccccc5c5ccccc54)cc3)cccc1C21C2CC3CC(C2)CC1C3. The van der Waals surface area contributed by atoms with E-state index in [0.29, 0.717) is 0 Å². The van der Waals surface area contributed by atoms with Gasteiger partial charge in [-0.1, -0.05) is 121 Å². The lowest BCUT2D eigenvalue weighted by atomic mass is 9.43. The van der Waals surface area contributed by atoms with Crippen LogP contribution in [0.2, 0.25) is 0 Å². The number of anilines is 3. The molecule has 0 atom stereocenters. The van der Waals surface area contributed by atoms with Gasteiger partial charge in [0.25, 0.3) is 0 Å². The molecule has 0 radical (unpaired) electrons.